The summed E-state index contributed by atoms with van der Waals surface area (Å²) in [5.41, 5.74) is 5.24. The lowest BCUT2D eigenvalue weighted by atomic mass is 9.98. The first-order valence-corrected chi connectivity index (χ1v) is 10.1. The molecule has 1 fully saturated rings. The highest BCUT2D eigenvalue weighted by Crippen LogP contribution is 2.55. The van der Waals surface area contributed by atoms with Crippen LogP contribution < -0.4 is 5.76 Å². The summed E-state index contributed by atoms with van der Waals surface area (Å²) in [5.74, 6) is -0.373. The number of aliphatic hydroxyl groups excluding tert-OH is 1. The minimum absolute atomic E-state index is 0.287. The van der Waals surface area contributed by atoms with Gasteiger partial charge in [0, 0.05) is 29.2 Å². The van der Waals surface area contributed by atoms with Gasteiger partial charge in [0.2, 0.25) is 0 Å². The van der Waals surface area contributed by atoms with Gasteiger partial charge in [0.05, 0.1) is 5.69 Å². The minimum Gasteiger partial charge on any atom is -0.363 e. The molecular formula is C23H22N4O4. The fraction of sp³-hybridized carbons (Fsp3) is 0.261. The van der Waals surface area contributed by atoms with E-state index in [9.17, 15) is 15.0 Å². The normalized spacial score (nSPS) is 18.3. The summed E-state index contributed by atoms with van der Waals surface area (Å²) in [5, 5.41) is 24.9. The van der Waals surface area contributed by atoms with Crippen LogP contribution in [0.3, 0.4) is 0 Å². The maximum Gasteiger partial charge on any atom is 0.438 e. The molecule has 31 heavy (non-hydrogen) atoms. The molecule has 0 saturated heterocycles. The molecule has 4 aromatic rings. The van der Waals surface area contributed by atoms with Crippen LogP contribution in [0.2, 0.25) is 0 Å². The third-order valence-electron chi connectivity index (χ3n) is 6.19. The molecule has 3 aromatic heterocycles. The van der Waals surface area contributed by atoms with Crippen LogP contribution in [0, 0.1) is 6.92 Å². The number of aliphatic hydroxyl groups is 2. The number of allylic oxidation sites excluding steroid dienone is 1. The number of H-pyrrole nitrogens is 1. The molecule has 0 spiro atoms. The summed E-state index contributed by atoms with van der Waals surface area (Å²) in [4.78, 5) is 18.6. The Morgan fingerprint density at radius 2 is 2.10 bits per heavy atom. The number of aromatic amines is 1. The topological polar surface area (TPSA) is 117 Å². The maximum absolute atomic E-state index is 11.6. The van der Waals surface area contributed by atoms with Crippen LogP contribution in [-0.2, 0) is 12.0 Å². The number of rotatable bonds is 5. The molecule has 0 aliphatic heterocycles. The van der Waals surface area contributed by atoms with Gasteiger partial charge < -0.3 is 14.8 Å². The van der Waals surface area contributed by atoms with E-state index in [0.29, 0.717) is 12.2 Å². The zero-order chi connectivity index (χ0) is 21.9. The number of pyridine rings is 1. The summed E-state index contributed by atoms with van der Waals surface area (Å²) in [6.45, 7) is 8.21. The number of fused-ring (bicyclic) bond motifs is 1. The molecule has 5 rings (SSSR count). The van der Waals surface area contributed by atoms with Crippen molar-refractivity contribution in [3.8, 4) is 11.1 Å². The first-order chi connectivity index (χ1) is 14.9. The molecule has 1 aromatic carbocycles. The SMILES string of the molecule is C=C1C[C@]1(c1noc(=O)[nH]1)n1c(C(O)O)cc2cc(-c3ccnc(CC)c3C)ccc21. The molecular weight excluding hydrogens is 396 g/mol. The van der Waals surface area contributed by atoms with Crippen LogP contribution in [0.15, 0.2) is 58.0 Å². The van der Waals surface area contributed by atoms with Crippen molar-refractivity contribution in [3.05, 3.63) is 82.0 Å². The molecule has 1 aliphatic rings. The predicted molar refractivity (Wildman–Crippen MR) is 114 cm³/mol. The van der Waals surface area contributed by atoms with E-state index in [2.05, 4.69) is 35.6 Å². The molecule has 158 valence electrons. The summed E-state index contributed by atoms with van der Waals surface area (Å²) >= 11 is 0. The summed E-state index contributed by atoms with van der Waals surface area (Å²) in [6.07, 6.45) is 1.45. The lowest BCUT2D eigenvalue weighted by Crippen LogP contribution is -2.24. The van der Waals surface area contributed by atoms with E-state index in [-0.39, 0.29) is 5.69 Å². The number of aryl methyl sites for hydroxylation is 1. The van der Waals surface area contributed by atoms with E-state index in [1.54, 1.807) is 10.6 Å². The highest BCUT2D eigenvalue weighted by molar-refractivity contribution is 5.88. The van der Waals surface area contributed by atoms with Crippen LogP contribution >= 0.6 is 0 Å². The number of nitrogens with zero attached hydrogens (tertiary/aromatic N) is 3. The van der Waals surface area contributed by atoms with E-state index in [4.69, 9.17) is 4.52 Å². The van der Waals surface area contributed by atoms with Gasteiger partial charge in [0.15, 0.2) is 12.1 Å². The molecule has 0 radical (unpaired) electrons. The zero-order valence-corrected chi connectivity index (χ0v) is 17.2. The zero-order valence-electron chi connectivity index (χ0n) is 17.2. The molecule has 3 heterocycles. The molecule has 0 amide bonds. The van der Waals surface area contributed by atoms with Crippen LogP contribution in [0.1, 0.15) is 42.4 Å². The number of benzene rings is 1. The molecule has 0 unspecified atom stereocenters. The molecule has 1 saturated carbocycles. The monoisotopic (exact) mass is 418 g/mol. The number of hydrogen-bond acceptors (Lipinski definition) is 6. The van der Waals surface area contributed by atoms with Crippen LogP contribution in [0.5, 0.6) is 0 Å². The van der Waals surface area contributed by atoms with Gasteiger partial charge in [-0.15, -0.1) is 0 Å². The van der Waals surface area contributed by atoms with E-state index < -0.39 is 17.6 Å². The van der Waals surface area contributed by atoms with E-state index >= 15 is 0 Å². The molecule has 8 heteroatoms. The third kappa shape index (κ3) is 2.79. The first kappa shape index (κ1) is 19.5. The fourth-order valence-electron chi connectivity index (χ4n) is 4.54. The second-order valence-electron chi connectivity index (χ2n) is 7.92. The van der Waals surface area contributed by atoms with Gasteiger partial charge in [0.1, 0.15) is 5.54 Å². The van der Waals surface area contributed by atoms with Crippen molar-refractivity contribution >= 4 is 10.9 Å². The van der Waals surface area contributed by atoms with E-state index in [0.717, 1.165) is 45.3 Å². The third-order valence-corrected chi connectivity index (χ3v) is 6.19. The Balaban J connectivity index is 1.73. The first-order valence-electron chi connectivity index (χ1n) is 10.1. The quantitative estimate of drug-likeness (QED) is 0.339. The van der Waals surface area contributed by atoms with Crippen molar-refractivity contribution in [2.75, 3.05) is 0 Å². The van der Waals surface area contributed by atoms with Crippen LogP contribution in [-0.4, -0.2) is 29.9 Å². The molecule has 0 bridgehead atoms. The number of aromatic nitrogens is 4. The van der Waals surface area contributed by atoms with Crippen molar-refractivity contribution in [1.29, 1.82) is 0 Å². The molecule has 3 N–H and O–H groups in total. The van der Waals surface area contributed by atoms with Crippen molar-refractivity contribution < 1.29 is 14.7 Å². The fourth-order valence-corrected chi connectivity index (χ4v) is 4.54. The Morgan fingerprint density at radius 1 is 1.32 bits per heavy atom. The predicted octanol–water partition coefficient (Wildman–Crippen LogP) is 2.94. The largest absolute Gasteiger partial charge is 0.438 e. The van der Waals surface area contributed by atoms with Gasteiger partial charge in [-0.2, -0.15) is 0 Å². The smallest absolute Gasteiger partial charge is 0.363 e. The molecule has 1 aliphatic carbocycles. The minimum atomic E-state index is -1.71. The summed E-state index contributed by atoms with van der Waals surface area (Å²) < 4.78 is 6.50. The molecule has 8 nitrogen and oxygen atoms in total. The van der Waals surface area contributed by atoms with Crippen molar-refractivity contribution in [2.45, 2.75) is 38.5 Å². The summed E-state index contributed by atoms with van der Waals surface area (Å²) in [6, 6.07) is 9.68. The van der Waals surface area contributed by atoms with Crippen molar-refractivity contribution in [2.24, 2.45) is 0 Å². The average molecular weight is 418 g/mol. The second kappa shape index (κ2) is 6.76. The lowest BCUT2D eigenvalue weighted by molar-refractivity contribution is -0.0487. The van der Waals surface area contributed by atoms with Gasteiger partial charge in [-0.3, -0.25) is 14.5 Å². The van der Waals surface area contributed by atoms with Gasteiger partial charge >= 0.3 is 5.76 Å². The Hall–Kier alpha value is -3.49. The Labute approximate surface area is 177 Å². The van der Waals surface area contributed by atoms with Gasteiger partial charge in [-0.05, 0) is 59.9 Å². The van der Waals surface area contributed by atoms with E-state index in [1.807, 2.05) is 30.5 Å². The highest BCUT2D eigenvalue weighted by Gasteiger charge is 2.55. The Morgan fingerprint density at radius 3 is 2.71 bits per heavy atom. The molecule has 1 atom stereocenters. The standard InChI is InChI=1S/C23H22N4O4/c1-4-17-13(3)16(7-8-24-17)14-5-6-18-15(9-14)10-19(20(28)29)27(18)23(11-12(23)2)21-25-22(30)31-26-21/h5-10,20,28-29H,2,4,11H2,1,3H3,(H,25,26,30)/t23-/m0/s1. The average Bonchev–Trinajstić information content (AvgIpc) is 3.08. The number of nitrogens with one attached hydrogen (secondary N) is 1. The Bertz CT molecular complexity index is 1390. The summed E-state index contributed by atoms with van der Waals surface area (Å²) in [7, 11) is 0. The van der Waals surface area contributed by atoms with Crippen LogP contribution in [0.25, 0.3) is 22.0 Å². The second-order valence-corrected chi connectivity index (χ2v) is 7.92. The van der Waals surface area contributed by atoms with Crippen molar-refractivity contribution in [1.82, 2.24) is 19.7 Å². The van der Waals surface area contributed by atoms with E-state index in [1.165, 1.54) is 0 Å². The Kier molecular flexibility index (Phi) is 4.25. The lowest BCUT2D eigenvalue weighted by Gasteiger charge is -2.20. The van der Waals surface area contributed by atoms with Gasteiger partial charge in [0.25, 0.3) is 0 Å². The maximum atomic E-state index is 11.6. The van der Waals surface area contributed by atoms with Crippen LogP contribution in [0.4, 0.5) is 0 Å². The highest BCUT2D eigenvalue weighted by atomic mass is 16.5. The van der Waals surface area contributed by atoms with Crippen molar-refractivity contribution in [3.63, 3.8) is 0 Å². The van der Waals surface area contributed by atoms with Gasteiger partial charge in [-0.1, -0.05) is 24.7 Å². The van der Waals surface area contributed by atoms with Gasteiger partial charge in [-0.25, -0.2) is 4.79 Å². The number of hydrogen-bond donors (Lipinski definition) is 3.